The molecule has 0 fully saturated rings. The monoisotopic (exact) mass is 344 g/mol. The standard InChI is InChI=1S/C16H24O6S/c1-5-20-15(17)16(2,3)22-14-10-6-8-13(12-14)9-7-11-21-23(4,18)19/h6,8,10,12H,5,7,9,11H2,1-4H3. The first-order valence-electron chi connectivity index (χ1n) is 7.43. The molecule has 0 spiro atoms. The molecule has 0 aliphatic heterocycles. The van der Waals surface area contributed by atoms with Crippen LogP contribution in [0.15, 0.2) is 24.3 Å². The van der Waals surface area contributed by atoms with Crippen LogP contribution in [0.1, 0.15) is 32.8 Å². The van der Waals surface area contributed by atoms with Gasteiger partial charge in [-0.1, -0.05) is 12.1 Å². The van der Waals surface area contributed by atoms with Gasteiger partial charge in [-0.3, -0.25) is 4.18 Å². The molecule has 23 heavy (non-hydrogen) atoms. The normalized spacial score (nSPS) is 12.0. The van der Waals surface area contributed by atoms with Gasteiger partial charge in [0, 0.05) is 0 Å². The fourth-order valence-electron chi connectivity index (χ4n) is 1.89. The number of rotatable bonds is 9. The third-order valence-corrected chi connectivity index (χ3v) is 3.54. The van der Waals surface area contributed by atoms with Crippen molar-refractivity contribution in [2.45, 2.75) is 39.2 Å². The molecule has 0 amide bonds. The van der Waals surface area contributed by atoms with Gasteiger partial charge in [0.1, 0.15) is 5.75 Å². The lowest BCUT2D eigenvalue weighted by Crippen LogP contribution is -2.39. The van der Waals surface area contributed by atoms with Gasteiger partial charge in [0.05, 0.1) is 19.5 Å². The van der Waals surface area contributed by atoms with E-state index in [1.807, 2.05) is 18.2 Å². The summed E-state index contributed by atoms with van der Waals surface area (Å²) in [6.45, 7) is 5.48. The minimum atomic E-state index is -3.40. The first kappa shape index (κ1) is 19.4. The topological polar surface area (TPSA) is 78.9 Å². The number of carbonyl (C=O) groups is 1. The van der Waals surface area contributed by atoms with Crippen molar-refractivity contribution in [3.8, 4) is 5.75 Å². The van der Waals surface area contributed by atoms with E-state index in [1.165, 1.54) is 0 Å². The van der Waals surface area contributed by atoms with E-state index in [0.717, 1.165) is 11.8 Å². The molecule has 0 saturated heterocycles. The predicted octanol–water partition coefficient (Wildman–Crippen LogP) is 2.32. The lowest BCUT2D eigenvalue weighted by Gasteiger charge is -2.24. The van der Waals surface area contributed by atoms with E-state index in [4.69, 9.17) is 13.7 Å². The number of ether oxygens (including phenoxy) is 2. The second kappa shape index (κ2) is 8.31. The van der Waals surface area contributed by atoms with Crippen LogP contribution in [-0.4, -0.2) is 39.5 Å². The van der Waals surface area contributed by atoms with Gasteiger partial charge >= 0.3 is 5.97 Å². The Morgan fingerprint density at radius 2 is 1.96 bits per heavy atom. The van der Waals surface area contributed by atoms with Gasteiger partial charge in [-0.2, -0.15) is 8.42 Å². The van der Waals surface area contributed by atoms with Crippen LogP contribution in [0.25, 0.3) is 0 Å². The van der Waals surface area contributed by atoms with Crippen molar-refractivity contribution in [3.63, 3.8) is 0 Å². The van der Waals surface area contributed by atoms with E-state index >= 15 is 0 Å². The van der Waals surface area contributed by atoms with Crippen molar-refractivity contribution in [2.75, 3.05) is 19.5 Å². The van der Waals surface area contributed by atoms with E-state index in [-0.39, 0.29) is 6.61 Å². The summed E-state index contributed by atoms with van der Waals surface area (Å²) in [5.41, 5.74) is -0.104. The van der Waals surface area contributed by atoms with Crippen LogP contribution < -0.4 is 4.74 Å². The molecule has 0 aromatic heterocycles. The highest BCUT2D eigenvalue weighted by Gasteiger charge is 2.31. The highest BCUT2D eigenvalue weighted by molar-refractivity contribution is 7.85. The molecule has 0 unspecified atom stereocenters. The fourth-order valence-corrected chi connectivity index (χ4v) is 2.31. The summed E-state index contributed by atoms with van der Waals surface area (Å²) in [7, 11) is -3.40. The molecule has 6 nitrogen and oxygen atoms in total. The summed E-state index contributed by atoms with van der Waals surface area (Å²) in [5, 5.41) is 0. The molecule has 1 rings (SSSR count). The Morgan fingerprint density at radius 3 is 2.57 bits per heavy atom. The third kappa shape index (κ3) is 7.47. The SMILES string of the molecule is CCOC(=O)C(C)(C)Oc1cccc(CCCOS(C)(=O)=O)c1. The Balaban J connectivity index is 2.61. The smallest absolute Gasteiger partial charge is 0.349 e. The maximum absolute atomic E-state index is 11.8. The Hall–Kier alpha value is -1.60. The molecule has 0 aliphatic rings. The zero-order chi connectivity index (χ0) is 17.5. The van der Waals surface area contributed by atoms with Gasteiger partial charge in [0.25, 0.3) is 10.1 Å². The molecule has 0 saturated carbocycles. The number of hydrogen-bond donors (Lipinski definition) is 0. The summed E-state index contributed by atoms with van der Waals surface area (Å²) in [4.78, 5) is 11.8. The summed E-state index contributed by atoms with van der Waals surface area (Å²) < 4.78 is 37.2. The van der Waals surface area contributed by atoms with Crippen molar-refractivity contribution in [2.24, 2.45) is 0 Å². The lowest BCUT2D eigenvalue weighted by atomic mass is 10.1. The zero-order valence-electron chi connectivity index (χ0n) is 14.0. The number of hydrogen-bond acceptors (Lipinski definition) is 6. The van der Waals surface area contributed by atoms with Crippen molar-refractivity contribution >= 4 is 16.1 Å². The van der Waals surface area contributed by atoms with E-state index in [0.29, 0.717) is 25.2 Å². The molecule has 130 valence electrons. The van der Waals surface area contributed by atoms with Gasteiger partial charge < -0.3 is 9.47 Å². The van der Waals surface area contributed by atoms with Crippen LogP contribution in [0.5, 0.6) is 5.75 Å². The Labute approximate surface area is 137 Å². The van der Waals surface area contributed by atoms with Crippen LogP contribution in [-0.2, 0) is 30.3 Å². The summed E-state index contributed by atoms with van der Waals surface area (Å²) in [6, 6.07) is 7.31. The second-order valence-electron chi connectivity index (χ2n) is 5.61. The highest BCUT2D eigenvalue weighted by Crippen LogP contribution is 2.21. The van der Waals surface area contributed by atoms with Crippen LogP contribution in [0.2, 0.25) is 0 Å². The van der Waals surface area contributed by atoms with Crippen LogP contribution in [0, 0.1) is 0 Å². The van der Waals surface area contributed by atoms with Crippen LogP contribution >= 0.6 is 0 Å². The number of esters is 1. The van der Waals surface area contributed by atoms with E-state index in [1.54, 1.807) is 26.8 Å². The summed E-state index contributed by atoms with van der Waals surface area (Å²) >= 11 is 0. The molecule has 0 atom stereocenters. The molecule has 1 aromatic carbocycles. The third-order valence-electron chi connectivity index (χ3n) is 2.95. The summed E-state index contributed by atoms with van der Waals surface area (Å²) in [6.07, 6.45) is 2.24. The van der Waals surface area contributed by atoms with Crippen molar-refractivity contribution in [3.05, 3.63) is 29.8 Å². The number of carbonyl (C=O) groups excluding carboxylic acids is 1. The Morgan fingerprint density at radius 1 is 1.26 bits per heavy atom. The molecule has 0 radical (unpaired) electrons. The minimum absolute atomic E-state index is 0.137. The molecule has 0 aliphatic carbocycles. The number of aryl methyl sites for hydroxylation is 1. The zero-order valence-corrected chi connectivity index (χ0v) is 14.8. The minimum Gasteiger partial charge on any atom is -0.476 e. The summed E-state index contributed by atoms with van der Waals surface area (Å²) in [5.74, 6) is 0.136. The molecular weight excluding hydrogens is 320 g/mol. The maximum Gasteiger partial charge on any atom is 0.349 e. The Kier molecular flexibility index (Phi) is 7.02. The molecular formula is C16H24O6S. The predicted molar refractivity (Wildman–Crippen MR) is 86.9 cm³/mol. The molecule has 1 aromatic rings. The van der Waals surface area contributed by atoms with Gasteiger partial charge in [-0.05, 0) is 51.3 Å². The first-order valence-corrected chi connectivity index (χ1v) is 9.25. The maximum atomic E-state index is 11.8. The van der Waals surface area contributed by atoms with E-state index in [2.05, 4.69) is 0 Å². The highest BCUT2D eigenvalue weighted by atomic mass is 32.2. The van der Waals surface area contributed by atoms with E-state index < -0.39 is 21.7 Å². The largest absolute Gasteiger partial charge is 0.476 e. The van der Waals surface area contributed by atoms with E-state index in [9.17, 15) is 13.2 Å². The number of benzene rings is 1. The average Bonchev–Trinajstić information content (AvgIpc) is 2.43. The Bertz CT molecular complexity index is 621. The first-order chi connectivity index (χ1) is 10.6. The van der Waals surface area contributed by atoms with Crippen LogP contribution in [0.4, 0.5) is 0 Å². The van der Waals surface area contributed by atoms with Crippen molar-refractivity contribution in [1.82, 2.24) is 0 Å². The van der Waals surface area contributed by atoms with Crippen LogP contribution in [0.3, 0.4) is 0 Å². The van der Waals surface area contributed by atoms with Gasteiger partial charge in [0.2, 0.25) is 0 Å². The molecule has 7 heteroatoms. The van der Waals surface area contributed by atoms with Gasteiger partial charge in [0.15, 0.2) is 5.60 Å². The fraction of sp³-hybridized carbons (Fsp3) is 0.562. The molecule has 0 bridgehead atoms. The quantitative estimate of drug-likeness (QED) is 0.389. The molecule has 0 N–H and O–H groups in total. The van der Waals surface area contributed by atoms with Crippen molar-refractivity contribution in [1.29, 1.82) is 0 Å². The average molecular weight is 344 g/mol. The lowest BCUT2D eigenvalue weighted by molar-refractivity contribution is -0.158. The van der Waals surface area contributed by atoms with Crippen molar-refractivity contribution < 1.29 is 26.9 Å². The van der Waals surface area contributed by atoms with Gasteiger partial charge in [-0.15, -0.1) is 0 Å². The molecule has 0 heterocycles. The van der Waals surface area contributed by atoms with Gasteiger partial charge in [-0.25, -0.2) is 4.79 Å². The second-order valence-corrected chi connectivity index (χ2v) is 7.25.